The Hall–Kier alpha value is 0.114. The molecule has 0 saturated heterocycles. The lowest BCUT2D eigenvalue weighted by Gasteiger charge is -2.35. The molecule has 21 heavy (non-hydrogen) atoms. The van der Waals surface area contributed by atoms with Crippen LogP contribution < -0.4 is 4.98 Å². The number of hydrogen-bond donors (Lipinski definition) is 1. The van der Waals surface area contributed by atoms with Crippen molar-refractivity contribution in [1.29, 1.82) is 0 Å². The van der Waals surface area contributed by atoms with Crippen LogP contribution in [0.4, 0.5) is 0 Å². The summed E-state index contributed by atoms with van der Waals surface area (Å²) in [6.45, 7) is 4.18. The molecule has 0 saturated carbocycles. The molecular weight excluding hydrogens is 312 g/mol. The van der Waals surface area contributed by atoms with E-state index in [9.17, 15) is 0 Å². The smallest absolute Gasteiger partial charge is 0.364 e. The molecule has 0 atom stereocenters. The largest absolute Gasteiger partial charge is 0.598 e. The summed E-state index contributed by atoms with van der Waals surface area (Å²) < 4.78 is 34.6. The molecule has 0 fully saturated rings. The first-order valence-corrected chi connectivity index (χ1v) is 10.2. The van der Waals surface area contributed by atoms with Crippen LogP contribution in [0.15, 0.2) is 0 Å². The summed E-state index contributed by atoms with van der Waals surface area (Å²) in [5.74, 6) is 0. The Morgan fingerprint density at radius 3 is 1.57 bits per heavy atom. The van der Waals surface area contributed by atoms with E-state index in [4.69, 9.17) is 26.6 Å². The summed E-state index contributed by atoms with van der Waals surface area (Å²) in [7, 11) is 3.92. The highest BCUT2D eigenvalue weighted by atomic mass is 28.4. The molecule has 8 nitrogen and oxygen atoms in total. The highest BCUT2D eigenvalue weighted by Crippen LogP contribution is 2.13. The Bertz CT molecular complexity index is 251. The molecule has 0 spiro atoms. The molecule has 128 valence electrons. The lowest BCUT2D eigenvalue weighted by molar-refractivity contribution is 0.0561. The van der Waals surface area contributed by atoms with Crippen LogP contribution in [0.5, 0.6) is 0 Å². The predicted molar refractivity (Wildman–Crippen MR) is 83.4 cm³/mol. The van der Waals surface area contributed by atoms with Crippen LogP contribution in [0.1, 0.15) is 13.3 Å². The summed E-state index contributed by atoms with van der Waals surface area (Å²) in [6.07, 6.45) is 0.965. The van der Waals surface area contributed by atoms with Crippen molar-refractivity contribution in [2.45, 2.75) is 13.3 Å². The first-order valence-electron chi connectivity index (χ1n) is 6.84. The van der Waals surface area contributed by atoms with Crippen LogP contribution in [-0.4, -0.2) is 84.8 Å². The monoisotopic (exact) mass is 342 g/mol. The van der Waals surface area contributed by atoms with Gasteiger partial charge in [0.05, 0.1) is 0 Å². The first kappa shape index (κ1) is 21.1. The molecule has 0 bridgehead atoms. The Labute approximate surface area is 130 Å². The van der Waals surface area contributed by atoms with E-state index in [2.05, 4.69) is 16.5 Å². The van der Waals surface area contributed by atoms with E-state index in [1.54, 1.807) is 42.7 Å². The minimum absolute atomic E-state index is 0.604. The average molecular weight is 343 g/mol. The zero-order valence-corrected chi connectivity index (χ0v) is 16.2. The third-order valence-corrected chi connectivity index (χ3v) is 8.25. The Morgan fingerprint density at radius 2 is 1.24 bits per heavy atom. The molecule has 1 N–H and O–H groups in total. The van der Waals surface area contributed by atoms with Crippen molar-refractivity contribution < 1.29 is 26.6 Å². The molecule has 0 aliphatic carbocycles. The molecule has 0 unspecified atom stereocenters. The van der Waals surface area contributed by atoms with E-state index in [1.807, 2.05) is 0 Å². The average Bonchev–Trinajstić information content (AvgIpc) is 2.54. The number of nitrogens with zero attached hydrogens (tertiary/aromatic N) is 1. The van der Waals surface area contributed by atoms with Gasteiger partial charge in [-0.3, -0.25) is 9.55 Å². The Kier molecular flexibility index (Phi) is 10.8. The fourth-order valence-electron chi connectivity index (χ4n) is 2.10. The zero-order chi connectivity index (χ0) is 16.4. The Morgan fingerprint density at radius 1 is 0.762 bits per heavy atom. The van der Waals surface area contributed by atoms with Crippen LogP contribution >= 0.6 is 0 Å². The van der Waals surface area contributed by atoms with Crippen molar-refractivity contribution in [3.8, 4) is 0 Å². The minimum Gasteiger partial charge on any atom is -0.364 e. The first-order chi connectivity index (χ1) is 10.0. The molecule has 0 aromatic heterocycles. The van der Waals surface area contributed by atoms with Gasteiger partial charge in [0.15, 0.2) is 0 Å². The minimum atomic E-state index is -2.81. The normalized spacial score (nSPS) is 13.1. The van der Waals surface area contributed by atoms with Crippen LogP contribution in [0.3, 0.4) is 0 Å². The van der Waals surface area contributed by atoms with Gasteiger partial charge < -0.3 is 26.6 Å². The maximum Gasteiger partial charge on any atom is 0.598 e. The van der Waals surface area contributed by atoms with Gasteiger partial charge in [-0.05, 0) is 13.0 Å². The maximum absolute atomic E-state index is 5.52. The highest BCUT2D eigenvalue weighted by Gasteiger charge is 2.46. The molecular formula is C11H30N2O6Si2. The van der Waals surface area contributed by atoms with Crippen LogP contribution in [-0.2, 0) is 26.6 Å². The van der Waals surface area contributed by atoms with Gasteiger partial charge in [0.2, 0.25) is 0 Å². The van der Waals surface area contributed by atoms with E-state index < -0.39 is 17.9 Å². The number of nitrogens with one attached hydrogen (secondary N) is 1. The van der Waals surface area contributed by atoms with Gasteiger partial charge in [-0.2, -0.15) is 0 Å². The van der Waals surface area contributed by atoms with Crippen molar-refractivity contribution in [2.75, 3.05) is 62.3 Å². The second-order valence-corrected chi connectivity index (χ2v) is 9.81. The zero-order valence-electron chi connectivity index (χ0n) is 14.2. The van der Waals surface area contributed by atoms with Crippen molar-refractivity contribution in [1.82, 2.24) is 9.55 Å². The summed E-state index contributed by atoms with van der Waals surface area (Å²) in [5.41, 5.74) is 0. The molecule has 0 heterocycles. The van der Waals surface area contributed by atoms with Gasteiger partial charge in [-0.1, -0.05) is 6.92 Å². The molecule has 0 rings (SSSR count). The molecule has 0 aliphatic heterocycles. The third-order valence-electron chi connectivity index (χ3n) is 3.18. The lowest BCUT2D eigenvalue weighted by atomic mass is 10.5. The molecule has 0 aliphatic rings. The van der Waals surface area contributed by atoms with E-state index in [0.29, 0.717) is 13.1 Å². The van der Waals surface area contributed by atoms with E-state index in [-0.39, 0.29) is 0 Å². The van der Waals surface area contributed by atoms with E-state index in [1.165, 1.54) is 0 Å². The van der Waals surface area contributed by atoms with Crippen LogP contribution in [0, 0.1) is 0 Å². The second kappa shape index (κ2) is 10.8. The van der Waals surface area contributed by atoms with Gasteiger partial charge in [-0.15, -0.1) is 0 Å². The summed E-state index contributed by atoms with van der Waals surface area (Å²) in [4.78, 5) is 3.20. The second-order valence-electron chi connectivity index (χ2n) is 4.22. The Balaban J connectivity index is 4.72. The van der Waals surface area contributed by atoms with E-state index >= 15 is 0 Å². The van der Waals surface area contributed by atoms with Gasteiger partial charge in [0.25, 0.3) is 0 Å². The van der Waals surface area contributed by atoms with Crippen molar-refractivity contribution in [3.63, 3.8) is 0 Å². The van der Waals surface area contributed by atoms with Crippen molar-refractivity contribution in [2.24, 2.45) is 0 Å². The van der Waals surface area contributed by atoms with Crippen molar-refractivity contribution >= 4 is 17.9 Å². The summed E-state index contributed by atoms with van der Waals surface area (Å²) >= 11 is 0. The SMILES string of the molecule is CCCN(CCN[Si](OC)(OC)OC)[Si](OC)(OC)OC. The lowest BCUT2D eigenvalue weighted by Crippen LogP contribution is -2.63. The van der Waals surface area contributed by atoms with Gasteiger partial charge >= 0.3 is 17.9 Å². The highest BCUT2D eigenvalue weighted by molar-refractivity contribution is 6.58. The maximum atomic E-state index is 5.52. The quantitative estimate of drug-likeness (QED) is 0.471. The van der Waals surface area contributed by atoms with Crippen LogP contribution in [0.25, 0.3) is 0 Å². The third kappa shape index (κ3) is 5.67. The number of hydrogen-bond acceptors (Lipinski definition) is 8. The standard InChI is InChI=1S/C11H30N2O6Si2/c1-8-10-13(21(17-5,18-6)19-7)11-9-12-20(14-2,15-3)16-4/h12H,8-11H2,1-7H3. The molecule has 0 radical (unpaired) electrons. The number of rotatable bonds is 13. The van der Waals surface area contributed by atoms with E-state index in [0.717, 1.165) is 13.0 Å². The molecule has 10 heteroatoms. The molecule has 0 amide bonds. The van der Waals surface area contributed by atoms with Gasteiger partial charge in [-0.25, -0.2) is 0 Å². The fraction of sp³-hybridized carbons (Fsp3) is 1.00. The molecule has 0 aromatic rings. The topological polar surface area (TPSA) is 70.7 Å². The fourth-order valence-corrected chi connectivity index (χ4v) is 5.61. The van der Waals surface area contributed by atoms with Crippen LogP contribution in [0.2, 0.25) is 0 Å². The van der Waals surface area contributed by atoms with Crippen molar-refractivity contribution in [3.05, 3.63) is 0 Å². The summed E-state index contributed by atoms with van der Waals surface area (Å²) in [5, 5.41) is 0. The summed E-state index contributed by atoms with van der Waals surface area (Å²) in [6, 6.07) is 0. The van der Waals surface area contributed by atoms with Gasteiger partial charge in [0, 0.05) is 55.7 Å². The predicted octanol–water partition coefficient (Wildman–Crippen LogP) is 0.0376. The van der Waals surface area contributed by atoms with Gasteiger partial charge in [0.1, 0.15) is 0 Å². The molecule has 0 aromatic carbocycles.